The quantitative estimate of drug-likeness (QED) is 0.672. The molecule has 4 heteroatoms. The first kappa shape index (κ1) is 13.7. The van der Waals surface area contributed by atoms with Crippen molar-refractivity contribution < 1.29 is 4.74 Å². The van der Waals surface area contributed by atoms with Crippen molar-refractivity contribution in [2.75, 3.05) is 0 Å². The van der Waals surface area contributed by atoms with Gasteiger partial charge in [-0.2, -0.15) is 0 Å². The van der Waals surface area contributed by atoms with Gasteiger partial charge in [0.2, 0.25) is 0 Å². The molecule has 0 aliphatic rings. The van der Waals surface area contributed by atoms with Crippen LogP contribution in [-0.2, 0) is 12.5 Å². The van der Waals surface area contributed by atoms with Crippen molar-refractivity contribution in [3.05, 3.63) is 63.1 Å². The maximum absolute atomic E-state index is 6.07. The van der Waals surface area contributed by atoms with Gasteiger partial charge in [-0.1, -0.05) is 35.9 Å². The molecule has 0 saturated carbocycles. The maximum Gasteiger partial charge on any atom is 0.134 e. The number of halogens is 3. The second kappa shape index (κ2) is 6.46. The van der Waals surface area contributed by atoms with E-state index in [0.29, 0.717) is 17.5 Å². The Kier molecular flexibility index (Phi) is 4.93. The topological polar surface area (TPSA) is 9.23 Å². The normalized spacial score (nSPS) is 10.4. The Morgan fingerprint density at radius 2 is 1.89 bits per heavy atom. The number of hydrogen-bond donors (Lipinski definition) is 0. The van der Waals surface area contributed by atoms with Crippen molar-refractivity contribution in [2.45, 2.75) is 12.5 Å². The van der Waals surface area contributed by atoms with Crippen LogP contribution in [-0.4, -0.2) is 0 Å². The molecule has 0 aliphatic carbocycles. The molecule has 0 unspecified atom stereocenters. The average molecular weight is 346 g/mol. The maximum atomic E-state index is 6.07. The SMILES string of the molecule is ClCc1ccc(OCc2ccccc2Cl)c(Br)c1. The first-order valence-electron chi connectivity index (χ1n) is 5.41. The summed E-state index contributed by atoms with van der Waals surface area (Å²) in [5.41, 5.74) is 2.01. The Bertz CT molecular complexity index is 543. The first-order valence-corrected chi connectivity index (χ1v) is 7.12. The smallest absolute Gasteiger partial charge is 0.134 e. The van der Waals surface area contributed by atoms with Gasteiger partial charge < -0.3 is 4.74 Å². The van der Waals surface area contributed by atoms with Crippen molar-refractivity contribution in [1.82, 2.24) is 0 Å². The van der Waals surface area contributed by atoms with Gasteiger partial charge >= 0.3 is 0 Å². The minimum atomic E-state index is 0.443. The molecule has 0 amide bonds. The highest BCUT2D eigenvalue weighted by atomic mass is 79.9. The summed E-state index contributed by atoms with van der Waals surface area (Å²) in [7, 11) is 0. The van der Waals surface area contributed by atoms with Gasteiger partial charge in [0.1, 0.15) is 12.4 Å². The summed E-state index contributed by atoms with van der Waals surface area (Å²) in [6.07, 6.45) is 0. The van der Waals surface area contributed by atoms with E-state index in [1.54, 1.807) is 0 Å². The monoisotopic (exact) mass is 344 g/mol. The van der Waals surface area contributed by atoms with Gasteiger partial charge in [-0.25, -0.2) is 0 Å². The van der Waals surface area contributed by atoms with E-state index in [4.69, 9.17) is 27.9 Å². The summed E-state index contributed by atoms with van der Waals surface area (Å²) < 4.78 is 6.62. The van der Waals surface area contributed by atoms with Crippen LogP contribution >= 0.6 is 39.1 Å². The molecule has 0 spiro atoms. The Hall–Kier alpha value is -0.700. The first-order chi connectivity index (χ1) is 8.70. The van der Waals surface area contributed by atoms with Gasteiger partial charge in [0, 0.05) is 16.5 Å². The molecule has 2 aromatic rings. The van der Waals surface area contributed by atoms with Crippen LogP contribution in [0.3, 0.4) is 0 Å². The molecule has 2 aromatic carbocycles. The van der Waals surface area contributed by atoms with E-state index >= 15 is 0 Å². The molecule has 2 rings (SSSR count). The lowest BCUT2D eigenvalue weighted by Gasteiger charge is -2.10. The standard InChI is InChI=1S/C14H11BrCl2O/c15-12-7-10(8-16)5-6-14(12)18-9-11-3-1-2-4-13(11)17/h1-7H,8-9H2. The number of benzene rings is 2. The molecular weight excluding hydrogens is 335 g/mol. The summed E-state index contributed by atoms with van der Waals surface area (Å²) in [5, 5.41) is 0.714. The van der Waals surface area contributed by atoms with E-state index in [1.165, 1.54) is 0 Å². The van der Waals surface area contributed by atoms with E-state index in [0.717, 1.165) is 21.3 Å². The molecule has 0 aliphatic heterocycles. The van der Waals surface area contributed by atoms with Crippen LogP contribution in [0.4, 0.5) is 0 Å². The summed E-state index contributed by atoms with van der Waals surface area (Å²) in [5.74, 6) is 1.27. The third kappa shape index (κ3) is 3.41. The minimum absolute atomic E-state index is 0.443. The van der Waals surface area contributed by atoms with Gasteiger partial charge in [-0.15, -0.1) is 11.6 Å². The van der Waals surface area contributed by atoms with Crippen molar-refractivity contribution in [3.63, 3.8) is 0 Å². The zero-order valence-corrected chi connectivity index (χ0v) is 12.6. The van der Waals surface area contributed by atoms with Crippen LogP contribution < -0.4 is 4.74 Å². The summed E-state index contributed by atoms with van der Waals surface area (Å²) in [4.78, 5) is 0. The molecule has 18 heavy (non-hydrogen) atoms. The number of hydrogen-bond acceptors (Lipinski definition) is 1. The summed E-state index contributed by atoms with van der Waals surface area (Å²) >= 11 is 15.3. The second-order valence-corrected chi connectivity index (χ2v) is 5.31. The molecular formula is C14H11BrCl2O. The van der Waals surface area contributed by atoms with Crippen LogP contribution in [0.5, 0.6) is 5.75 Å². The highest BCUT2D eigenvalue weighted by Gasteiger charge is 2.04. The van der Waals surface area contributed by atoms with Gasteiger partial charge in [0.15, 0.2) is 0 Å². The van der Waals surface area contributed by atoms with Crippen molar-refractivity contribution >= 4 is 39.1 Å². The fraction of sp³-hybridized carbons (Fsp3) is 0.143. The van der Waals surface area contributed by atoms with Gasteiger partial charge in [0.25, 0.3) is 0 Å². The van der Waals surface area contributed by atoms with Crippen LogP contribution in [0.15, 0.2) is 46.9 Å². The molecule has 0 bridgehead atoms. The molecule has 94 valence electrons. The van der Waals surface area contributed by atoms with Crippen LogP contribution in [0, 0.1) is 0 Å². The Morgan fingerprint density at radius 3 is 2.56 bits per heavy atom. The highest BCUT2D eigenvalue weighted by molar-refractivity contribution is 9.10. The van der Waals surface area contributed by atoms with Crippen molar-refractivity contribution in [1.29, 1.82) is 0 Å². The van der Waals surface area contributed by atoms with E-state index in [2.05, 4.69) is 15.9 Å². The van der Waals surface area contributed by atoms with Crippen molar-refractivity contribution in [2.24, 2.45) is 0 Å². The summed E-state index contributed by atoms with van der Waals surface area (Å²) in [6.45, 7) is 0.443. The van der Waals surface area contributed by atoms with E-state index in [-0.39, 0.29) is 0 Å². The predicted molar refractivity (Wildman–Crippen MR) is 79.5 cm³/mol. The molecule has 0 fully saturated rings. The van der Waals surface area contributed by atoms with Gasteiger partial charge in [-0.05, 0) is 39.7 Å². The molecule has 1 nitrogen and oxygen atoms in total. The zero-order chi connectivity index (χ0) is 13.0. The Morgan fingerprint density at radius 1 is 1.11 bits per heavy atom. The minimum Gasteiger partial charge on any atom is -0.488 e. The Balaban J connectivity index is 2.09. The molecule has 0 heterocycles. The summed E-state index contributed by atoms with van der Waals surface area (Å²) in [6, 6.07) is 13.4. The lowest BCUT2D eigenvalue weighted by atomic mass is 10.2. The van der Waals surface area contributed by atoms with Crippen LogP contribution in [0.2, 0.25) is 5.02 Å². The lowest BCUT2D eigenvalue weighted by molar-refractivity contribution is 0.304. The van der Waals surface area contributed by atoms with E-state index in [1.807, 2.05) is 42.5 Å². The van der Waals surface area contributed by atoms with E-state index < -0.39 is 0 Å². The van der Waals surface area contributed by atoms with Gasteiger partial charge in [0.05, 0.1) is 4.47 Å². The molecule has 0 radical (unpaired) electrons. The van der Waals surface area contributed by atoms with Crippen molar-refractivity contribution in [3.8, 4) is 5.75 Å². The highest BCUT2D eigenvalue weighted by Crippen LogP contribution is 2.28. The average Bonchev–Trinajstić information content (AvgIpc) is 2.39. The largest absolute Gasteiger partial charge is 0.488 e. The second-order valence-electron chi connectivity index (χ2n) is 3.78. The molecule has 0 aromatic heterocycles. The number of alkyl halides is 1. The lowest BCUT2D eigenvalue weighted by Crippen LogP contribution is -1.97. The predicted octanol–water partition coefficient (Wildman–Crippen LogP) is 5.42. The number of rotatable bonds is 4. The Labute approximate surface area is 125 Å². The van der Waals surface area contributed by atoms with Crippen LogP contribution in [0.25, 0.3) is 0 Å². The fourth-order valence-electron chi connectivity index (χ4n) is 1.52. The van der Waals surface area contributed by atoms with Crippen LogP contribution in [0.1, 0.15) is 11.1 Å². The molecule has 0 N–H and O–H groups in total. The third-order valence-electron chi connectivity index (χ3n) is 2.49. The fourth-order valence-corrected chi connectivity index (χ4v) is 2.41. The third-order valence-corrected chi connectivity index (χ3v) is 3.79. The zero-order valence-electron chi connectivity index (χ0n) is 9.50. The molecule has 0 saturated heterocycles. The molecule has 0 atom stereocenters. The van der Waals surface area contributed by atoms with Gasteiger partial charge in [-0.3, -0.25) is 0 Å². The number of ether oxygens (including phenoxy) is 1. The van der Waals surface area contributed by atoms with E-state index in [9.17, 15) is 0 Å².